The monoisotopic (exact) mass is 753 g/mol. The molecular formula is C32H55N11O10. The van der Waals surface area contributed by atoms with E-state index in [1.165, 1.54) is 0 Å². The first-order valence-electron chi connectivity index (χ1n) is 16.1. The summed E-state index contributed by atoms with van der Waals surface area (Å²) in [5, 5.41) is 0. The maximum atomic E-state index is 5.23. The number of hydrogen-bond acceptors (Lipinski definition) is 21. The Hall–Kier alpha value is -4.16. The van der Waals surface area contributed by atoms with E-state index in [1.807, 2.05) is 30.3 Å². The maximum Gasteiger partial charge on any atom is 0.235 e. The van der Waals surface area contributed by atoms with Crippen LogP contribution in [0.25, 0.3) is 11.4 Å². The minimum Gasteiger partial charge on any atom is -0.364 e. The van der Waals surface area contributed by atoms with Crippen molar-refractivity contribution >= 4 is 29.7 Å². The molecule has 0 aliphatic rings. The summed E-state index contributed by atoms with van der Waals surface area (Å²) in [4.78, 5) is 35.9. The van der Waals surface area contributed by atoms with Crippen molar-refractivity contribution in [1.29, 1.82) is 0 Å². The lowest BCUT2D eigenvalue weighted by Crippen LogP contribution is -2.36. The third kappa shape index (κ3) is 15.0. The Kier molecular flexibility index (Phi) is 22.6. The van der Waals surface area contributed by atoms with Crippen molar-refractivity contribution < 1.29 is 47.4 Å². The number of benzene rings is 1. The molecule has 0 spiro atoms. The van der Waals surface area contributed by atoms with E-state index >= 15 is 0 Å². The fraction of sp³-hybridized carbons (Fsp3) is 0.625. The molecule has 2 heterocycles. The maximum absolute atomic E-state index is 5.23. The van der Waals surface area contributed by atoms with E-state index in [2.05, 4.69) is 29.9 Å². The molecule has 0 unspecified atom stereocenters. The van der Waals surface area contributed by atoms with Crippen molar-refractivity contribution in [3.8, 4) is 11.4 Å². The topological polar surface area (TPSA) is 186 Å². The van der Waals surface area contributed by atoms with E-state index < -0.39 is 0 Å². The highest BCUT2D eigenvalue weighted by Gasteiger charge is 2.21. The third-order valence-corrected chi connectivity index (χ3v) is 6.51. The molecule has 21 heteroatoms. The van der Waals surface area contributed by atoms with Crippen LogP contribution in [0.4, 0.5) is 29.7 Å². The van der Waals surface area contributed by atoms with Gasteiger partial charge in [0.1, 0.15) is 67.3 Å². The fourth-order valence-electron chi connectivity index (χ4n) is 4.44. The molecule has 3 aromatic rings. The zero-order valence-electron chi connectivity index (χ0n) is 32.5. The van der Waals surface area contributed by atoms with Crippen molar-refractivity contribution in [2.24, 2.45) is 0 Å². The van der Waals surface area contributed by atoms with Crippen molar-refractivity contribution in [3.63, 3.8) is 0 Å². The second kappa shape index (κ2) is 26.6. The first-order valence-corrected chi connectivity index (χ1v) is 16.1. The van der Waals surface area contributed by atoms with Crippen LogP contribution < -0.4 is 24.5 Å². The predicted octanol–water partition coefficient (Wildman–Crippen LogP) is 1.48. The third-order valence-electron chi connectivity index (χ3n) is 6.51. The van der Waals surface area contributed by atoms with Gasteiger partial charge in [0.2, 0.25) is 29.7 Å². The Labute approximate surface area is 311 Å². The first-order chi connectivity index (χ1) is 25.9. The quantitative estimate of drug-likeness (QED) is 0.107. The van der Waals surface area contributed by atoms with E-state index in [0.29, 0.717) is 35.6 Å². The zero-order valence-corrected chi connectivity index (χ0v) is 32.5. The van der Waals surface area contributed by atoms with Crippen LogP contribution in [0.3, 0.4) is 0 Å². The largest absolute Gasteiger partial charge is 0.364 e. The number of methoxy groups -OCH3 is 10. The molecule has 2 aromatic heterocycles. The number of aromatic nitrogens is 6. The average molecular weight is 754 g/mol. The second-order valence-electron chi connectivity index (χ2n) is 10.7. The summed E-state index contributed by atoms with van der Waals surface area (Å²) in [6, 6.07) is 9.69. The van der Waals surface area contributed by atoms with E-state index in [1.54, 1.807) is 95.6 Å². The normalized spacial score (nSPS) is 10.8. The van der Waals surface area contributed by atoms with Gasteiger partial charge in [-0.2, -0.15) is 29.9 Å². The molecule has 0 saturated carbocycles. The first kappa shape index (κ1) is 45.0. The lowest BCUT2D eigenvalue weighted by atomic mass is 10.2. The Morgan fingerprint density at radius 2 is 0.528 bits per heavy atom. The number of rotatable bonds is 26. The van der Waals surface area contributed by atoms with Gasteiger partial charge >= 0.3 is 0 Å². The molecule has 0 saturated heterocycles. The molecule has 0 aliphatic heterocycles. The highest BCUT2D eigenvalue weighted by atomic mass is 16.5. The Morgan fingerprint density at radius 1 is 0.321 bits per heavy atom. The molecule has 0 atom stereocenters. The van der Waals surface area contributed by atoms with Crippen LogP contribution in [0, 0.1) is 0 Å². The van der Waals surface area contributed by atoms with E-state index in [0.717, 1.165) is 5.56 Å². The summed E-state index contributed by atoms with van der Waals surface area (Å²) in [6.07, 6.45) is 0. The molecule has 21 nitrogen and oxygen atoms in total. The van der Waals surface area contributed by atoms with Crippen LogP contribution in [0.1, 0.15) is 0 Å². The second-order valence-corrected chi connectivity index (χ2v) is 10.7. The average Bonchev–Trinajstić information content (AvgIpc) is 3.17. The molecule has 3 rings (SSSR count). The minimum absolute atomic E-state index is 0.236. The van der Waals surface area contributed by atoms with Gasteiger partial charge < -0.3 is 47.4 Å². The summed E-state index contributed by atoms with van der Waals surface area (Å²) in [6.45, 7) is 2.53. The van der Waals surface area contributed by atoms with Crippen LogP contribution >= 0.6 is 0 Å². The molecular weight excluding hydrogens is 698 g/mol. The summed E-state index contributed by atoms with van der Waals surface area (Å²) in [5.41, 5.74) is 0.877. The van der Waals surface area contributed by atoms with E-state index in [4.69, 9.17) is 47.4 Å². The van der Waals surface area contributed by atoms with E-state index in [-0.39, 0.29) is 67.3 Å². The Bertz CT molecular complexity index is 1240. The lowest BCUT2D eigenvalue weighted by Gasteiger charge is -2.27. The van der Waals surface area contributed by atoms with Gasteiger partial charge in [-0.15, -0.1) is 0 Å². The molecule has 0 N–H and O–H groups in total. The van der Waals surface area contributed by atoms with Gasteiger partial charge in [0.05, 0.1) is 0 Å². The SMILES string of the molecule is COCN(COC)c1nc(-c2ccccc2)nc(N(COC)COC)n1.COCN(COC)c1nc(N(COC)COC)nc(N(COC)COC)n1. The fourth-order valence-corrected chi connectivity index (χ4v) is 4.44. The van der Waals surface area contributed by atoms with Crippen molar-refractivity contribution in [2.45, 2.75) is 0 Å². The van der Waals surface area contributed by atoms with Gasteiger partial charge in [0, 0.05) is 76.7 Å². The van der Waals surface area contributed by atoms with Gasteiger partial charge in [-0.3, -0.25) is 24.5 Å². The molecule has 0 radical (unpaired) electrons. The standard InChI is InChI=1S/C17H25N5O4.C15H30N6O6/c1-23-10-21(11-24-2)16-18-15(14-8-6-5-7-9-14)19-17(20-16)22(12-25-3)13-26-4;1-22-7-19(8-23-2)13-16-14(20(9-24-3)10-25-4)18-15(17-13)21(11-26-5)12-27-6/h5-9H,10-13H2,1-4H3;7-12H2,1-6H3. The van der Waals surface area contributed by atoms with Gasteiger partial charge in [-0.1, -0.05) is 30.3 Å². The van der Waals surface area contributed by atoms with Gasteiger partial charge in [0.15, 0.2) is 5.82 Å². The highest BCUT2D eigenvalue weighted by Crippen LogP contribution is 2.22. The van der Waals surface area contributed by atoms with E-state index in [9.17, 15) is 0 Å². The zero-order chi connectivity index (χ0) is 38.8. The number of ether oxygens (including phenoxy) is 10. The van der Waals surface area contributed by atoms with Crippen molar-refractivity contribution in [1.82, 2.24) is 29.9 Å². The number of anilines is 5. The van der Waals surface area contributed by atoms with Crippen LogP contribution in [0.2, 0.25) is 0 Å². The molecule has 0 fully saturated rings. The summed E-state index contributed by atoms with van der Waals surface area (Å²) in [7, 11) is 15.9. The predicted molar refractivity (Wildman–Crippen MR) is 196 cm³/mol. The highest BCUT2D eigenvalue weighted by molar-refractivity contribution is 5.58. The molecule has 0 aliphatic carbocycles. The molecule has 1 aromatic carbocycles. The van der Waals surface area contributed by atoms with Crippen molar-refractivity contribution in [3.05, 3.63) is 30.3 Å². The van der Waals surface area contributed by atoms with Gasteiger partial charge in [0.25, 0.3) is 0 Å². The summed E-state index contributed by atoms with van der Waals surface area (Å²) >= 11 is 0. The van der Waals surface area contributed by atoms with Gasteiger partial charge in [-0.05, 0) is 0 Å². The minimum atomic E-state index is 0.236. The molecule has 53 heavy (non-hydrogen) atoms. The molecule has 0 amide bonds. The lowest BCUT2D eigenvalue weighted by molar-refractivity contribution is 0.134. The van der Waals surface area contributed by atoms with Crippen LogP contribution in [0.15, 0.2) is 30.3 Å². The van der Waals surface area contributed by atoms with Crippen LogP contribution in [-0.4, -0.2) is 168 Å². The van der Waals surface area contributed by atoms with Crippen LogP contribution in [0.5, 0.6) is 0 Å². The van der Waals surface area contributed by atoms with Gasteiger partial charge in [-0.25, -0.2) is 0 Å². The number of nitrogens with zero attached hydrogens (tertiary/aromatic N) is 11. The Balaban J connectivity index is 0.000000367. The Morgan fingerprint density at radius 3 is 0.736 bits per heavy atom. The number of hydrogen-bond donors (Lipinski definition) is 0. The van der Waals surface area contributed by atoms with Crippen LogP contribution in [-0.2, 0) is 47.4 Å². The molecule has 0 bridgehead atoms. The summed E-state index contributed by atoms with van der Waals surface area (Å²) in [5.74, 6) is 2.53. The smallest absolute Gasteiger partial charge is 0.235 e. The van der Waals surface area contributed by atoms with Crippen molar-refractivity contribution in [2.75, 3.05) is 163 Å². The molecule has 298 valence electrons. The summed E-state index contributed by atoms with van der Waals surface area (Å²) < 4.78 is 52.3.